The van der Waals surface area contributed by atoms with Crippen LogP contribution < -0.4 is 0 Å². The number of hydrogen-bond acceptors (Lipinski definition) is 2. The van der Waals surface area contributed by atoms with Gasteiger partial charge in [0.05, 0.1) is 6.04 Å². The fourth-order valence-electron chi connectivity index (χ4n) is 5.18. The summed E-state index contributed by atoms with van der Waals surface area (Å²) in [7, 11) is 0. The highest BCUT2D eigenvalue weighted by Crippen LogP contribution is 2.49. The molecule has 29 heavy (non-hydrogen) atoms. The van der Waals surface area contributed by atoms with Crippen LogP contribution in [0.4, 0.5) is 4.79 Å². The molecule has 4 aromatic rings. The molecule has 3 heteroatoms. The molecule has 0 spiro atoms. The topological polar surface area (TPSA) is 29.5 Å². The Morgan fingerprint density at radius 2 is 1.31 bits per heavy atom. The summed E-state index contributed by atoms with van der Waals surface area (Å²) < 4.78 is 6.27. The number of cyclic esters (lactones) is 1. The Bertz CT molecular complexity index is 1180. The smallest absolute Gasteiger partial charge is 0.411 e. The third kappa shape index (κ3) is 2.34. The largest absolute Gasteiger partial charge is 0.431 e. The third-order valence-electron chi connectivity index (χ3n) is 6.56. The zero-order chi connectivity index (χ0) is 19.4. The quantitative estimate of drug-likeness (QED) is 0.437. The molecule has 2 fully saturated rings. The van der Waals surface area contributed by atoms with E-state index in [0.29, 0.717) is 0 Å². The van der Waals surface area contributed by atoms with Crippen LogP contribution in [-0.4, -0.2) is 23.6 Å². The average Bonchev–Trinajstić information content (AvgIpc) is 3.36. The highest BCUT2D eigenvalue weighted by molar-refractivity contribution is 5.86. The van der Waals surface area contributed by atoms with E-state index in [2.05, 4.69) is 84.9 Å². The number of rotatable bonds is 2. The first kappa shape index (κ1) is 16.6. The molecule has 4 aromatic carbocycles. The zero-order valence-corrected chi connectivity index (χ0v) is 16.0. The van der Waals surface area contributed by atoms with Crippen molar-refractivity contribution in [2.75, 3.05) is 6.54 Å². The van der Waals surface area contributed by atoms with Gasteiger partial charge in [-0.2, -0.15) is 0 Å². The first-order valence-electron chi connectivity index (χ1n) is 10.2. The summed E-state index contributed by atoms with van der Waals surface area (Å²) in [4.78, 5) is 14.8. The number of fused-ring (bicyclic) bond motifs is 3. The molecule has 1 atom stereocenters. The number of ether oxygens (including phenoxy) is 1. The molecule has 2 saturated heterocycles. The summed E-state index contributed by atoms with van der Waals surface area (Å²) in [6.07, 6.45) is 1.77. The van der Waals surface area contributed by atoms with Crippen LogP contribution in [0.25, 0.3) is 21.5 Å². The van der Waals surface area contributed by atoms with E-state index in [-0.39, 0.29) is 12.1 Å². The molecule has 0 aliphatic carbocycles. The van der Waals surface area contributed by atoms with Crippen molar-refractivity contribution in [2.45, 2.75) is 24.5 Å². The number of amides is 1. The van der Waals surface area contributed by atoms with Crippen LogP contribution in [0.2, 0.25) is 0 Å². The highest BCUT2D eigenvalue weighted by Gasteiger charge is 2.57. The molecule has 0 N–H and O–H groups in total. The van der Waals surface area contributed by atoms with Crippen molar-refractivity contribution in [3.05, 3.63) is 96.1 Å². The number of nitrogens with zero attached hydrogens (tertiary/aromatic N) is 1. The van der Waals surface area contributed by atoms with E-state index >= 15 is 0 Å². The summed E-state index contributed by atoms with van der Waals surface area (Å²) in [6.45, 7) is 0.770. The Labute approximate surface area is 169 Å². The second-order valence-electron chi connectivity index (χ2n) is 8.08. The summed E-state index contributed by atoms with van der Waals surface area (Å²) in [5.41, 5.74) is 1.32. The lowest BCUT2D eigenvalue weighted by Crippen LogP contribution is -2.40. The van der Waals surface area contributed by atoms with Gasteiger partial charge in [0.2, 0.25) is 0 Å². The van der Waals surface area contributed by atoms with E-state index in [1.54, 1.807) is 0 Å². The molecule has 2 aliphatic heterocycles. The maximum absolute atomic E-state index is 12.8. The molecule has 2 heterocycles. The molecule has 2 aliphatic rings. The van der Waals surface area contributed by atoms with Crippen LogP contribution >= 0.6 is 0 Å². The van der Waals surface area contributed by atoms with Gasteiger partial charge in [-0.3, -0.25) is 0 Å². The summed E-state index contributed by atoms with van der Waals surface area (Å²) >= 11 is 0. The minimum atomic E-state index is -0.776. The van der Waals surface area contributed by atoms with Gasteiger partial charge >= 0.3 is 6.09 Å². The first-order chi connectivity index (χ1) is 14.3. The van der Waals surface area contributed by atoms with Gasteiger partial charge < -0.3 is 9.64 Å². The summed E-state index contributed by atoms with van der Waals surface area (Å²) in [5.74, 6) is 0. The van der Waals surface area contributed by atoms with Crippen LogP contribution in [0, 0.1) is 0 Å². The van der Waals surface area contributed by atoms with Crippen LogP contribution in [0.1, 0.15) is 24.0 Å². The fraction of sp³-hybridized carbons (Fsp3) is 0.192. The Morgan fingerprint density at radius 3 is 1.90 bits per heavy atom. The van der Waals surface area contributed by atoms with E-state index in [9.17, 15) is 4.79 Å². The van der Waals surface area contributed by atoms with Crippen molar-refractivity contribution in [3.63, 3.8) is 0 Å². The van der Waals surface area contributed by atoms with Crippen molar-refractivity contribution in [1.82, 2.24) is 4.90 Å². The summed E-state index contributed by atoms with van der Waals surface area (Å²) in [6, 6.07) is 29.6. The molecule has 0 saturated carbocycles. The van der Waals surface area contributed by atoms with Crippen LogP contribution in [-0.2, 0) is 10.3 Å². The highest BCUT2D eigenvalue weighted by atomic mass is 16.6. The third-order valence-corrected chi connectivity index (χ3v) is 6.56. The van der Waals surface area contributed by atoms with Gasteiger partial charge in [-0.25, -0.2) is 4.79 Å². The van der Waals surface area contributed by atoms with Gasteiger partial charge in [0.25, 0.3) is 0 Å². The minimum absolute atomic E-state index is 0.0253. The number of carbonyl (C=O) groups is 1. The van der Waals surface area contributed by atoms with Gasteiger partial charge in [-0.1, -0.05) is 72.8 Å². The van der Waals surface area contributed by atoms with E-state index in [1.807, 2.05) is 4.90 Å². The molecular weight excluding hydrogens is 358 g/mol. The lowest BCUT2D eigenvalue weighted by Gasteiger charge is -2.34. The summed E-state index contributed by atoms with van der Waals surface area (Å²) in [5, 5.41) is 4.71. The van der Waals surface area contributed by atoms with Crippen LogP contribution in [0.15, 0.2) is 84.9 Å². The molecule has 1 unspecified atom stereocenters. The molecule has 0 bridgehead atoms. The van der Waals surface area contributed by atoms with Gasteiger partial charge in [-0.15, -0.1) is 0 Å². The van der Waals surface area contributed by atoms with E-state index in [0.717, 1.165) is 41.3 Å². The van der Waals surface area contributed by atoms with Crippen LogP contribution in [0.5, 0.6) is 0 Å². The lowest BCUT2D eigenvalue weighted by molar-refractivity contribution is 0.0672. The minimum Gasteiger partial charge on any atom is -0.431 e. The predicted molar refractivity (Wildman–Crippen MR) is 115 cm³/mol. The normalized spacial score (nSPS) is 20.2. The van der Waals surface area contributed by atoms with Gasteiger partial charge in [0.15, 0.2) is 5.60 Å². The number of hydrogen-bond donors (Lipinski definition) is 0. The Morgan fingerprint density at radius 1 is 0.759 bits per heavy atom. The van der Waals surface area contributed by atoms with Gasteiger partial charge in [0.1, 0.15) is 0 Å². The predicted octanol–water partition coefficient (Wildman–Crippen LogP) is 5.85. The standard InChI is InChI=1S/C26H21NO2/c28-25-27-15-5-10-24(27)26(29-25,22-13-11-18-6-1-3-8-20(18)16-22)23-14-12-19-7-2-4-9-21(19)17-23/h1-4,6-9,11-14,16-17,24H,5,10,15H2. The Kier molecular flexibility index (Phi) is 3.48. The molecule has 6 rings (SSSR count). The maximum Gasteiger partial charge on any atom is 0.411 e. The zero-order valence-electron chi connectivity index (χ0n) is 16.0. The Balaban J connectivity index is 1.63. The van der Waals surface area contributed by atoms with Crippen molar-refractivity contribution in [3.8, 4) is 0 Å². The van der Waals surface area contributed by atoms with Crippen molar-refractivity contribution >= 4 is 27.6 Å². The second-order valence-corrected chi connectivity index (χ2v) is 8.08. The van der Waals surface area contributed by atoms with E-state index in [4.69, 9.17) is 4.74 Å². The van der Waals surface area contributed by atoms with Gasteiger partial charge in [0, 0.05) is 17.7 Å². The van der Waals surface area contributed by atoms with E-state index in [1.165, 1.54) is 10.8 Å². The SMILES string of the molecule is O=C1OC(c2ccc3ccccc3c2)(c2ccc3ccccc3c2)C2CCCN12. The lowest BCUT2D eigenvalue weighted by atomic mass is 9.78. The van der Waals surface area contributed by atoms with Gasteiger partial charge in [-0.05, 0) is 46.5 Å². The average molecular weight is 379 g/mol. The monoisotopic (exact) mass is 379 g/mol. The van der Waals surface area contributed by atoms with Crippen molar-refractivity contribution < 1.29 is 9.53 Å². The second kappa shape index (κ2) is 6.08. The molecule has 1 amide bonds. The Hall–Kier alpha value is -3.33. The van der Waals surface area contributed by atoms with Crippen LogP contribution in [0.3, 0.4) is 0 Å². The number of benzene rings is 4. The molecule has 142 valence electrons. The molecular formula is C26H21NO2. The number of carbonyl (C=O) groups excluding carboxylic acids is 1. The molecule has 3 nitrogen and oxygen atoms in total. The van der Waals surface area contributed by atoms with Crippen molar-refractivity contribution in [1.29, 1.82) is 0 Å². The van der Waals surface area contributed by atoms with Crippen molar-refractivity contribution in [2.24, 2.45) is 0 Å². The van der Waals surface area contributed by atoms with E-state index < -0.39 is 5.60 Å². The maximum atomic E-state index is 12.8. The first-order valence-corrected chi connectivity index (χ1v) is 10.2. The fourth-order valence-corrected chi connectivity index (χ4v) is 5.18. The molecule has 0 radical (unpaired) electrons. The molecule has 0 aromatic heterocycles.